The molecule has 7 heteroatoms. The minimum atomic E-state index is 0.141. The summed E-state index contributed by atoms with van der Waals surface area (Å²) in [6.45, 7) is 10.9. The van der Waals surface area contributed by atoms with Gasteiger partial charge < -0.3 is 19.1 Å². The topological polar surface area (TPSA) is 50.6 Å². The fourth-order valence-electron chi connectivity index (χ4n) is 6.34. The van der Waals surface area contributed by atoms with E-state index in [1.165, 1.54) is 49.6 Å². The number of hydrogen-bond acceptors (Lipinski definition) is 4. The Kier molecular flexibility index (Phi) is 10.0. The van der Waals surface area contributed by atoms with Gasteiger partial charge in [0, 0.05) is 30.6 Å². The number of benzene rings is 2. The third-order valence-electron chi connectivity index (χ3n) is 8.91. The second kappa shape index (κ2) is 13.9. The number of piperidine rings is 2. The molecule has 5 rings (SSSR count). The Labute approximate surface area is 244 Å². The lowest BCUT2D eigenvalue weighted by Crippen LogP contribution is -2.40. The molecule has 0 saturated carbocycles. The van der Waals surface area contributed by atoms with Crippen molar-refractivity contribution in [2.75, 3.05) is 32.7 Å². The SMILES string of the molecule is Cc1cccc2c1nc(COc1ccc(Cl)cc1)n2CCCC1CCN(CCC(C)C(=O)N2CCCCC2)CC1. The van der Waals surface area contributed by atoms with E-state index >= 15 is 0 Å². The summed E-state index contributed by atoms with van der Waals surface area (Å²) in [7, 11) is 0. The summed E-state index contributed by atoms with van der Waals surface area (Å²) in [4.78, 5) is 22.4. The summed E-state index contributed by atoms with van der Waals surface area (Å²) in [5, 5.41) is 0.707. The van der Waals surface area contributed by atoms with Crippen LogP contribution in [0.4, 0.5) is 0 Å². The highest BCUT2D eigenvalue weighted by Crippen LogP contribution is 2.26. The van der Waals surface area contributed by atoms with Crippen LogP contribution in [0.15, 0.2) is 42.5 Å². The van der Waals surface area contributed by atoms with Gasteiger partial charge in [-0.05, 0) is 120 Å². The first-order valence-corrected chi connectivity index (χ1v) is 15.7. The number of ether oxygens (including phenoxy) is 1. The van der Waals surface area contributed by atoms with Crippen LogP contribution >= 0.6 is 11.6 Å². The molecule has 3 heterocycles. The van der Waals surface area contributed by atoms with Crippen LogP contribution in [0.25, 0.3) is 11.0 Å². The molecular formula is C33H45ClN4O2. The highest BCUT2D eigenvalue weighted by atomic mass is 35.5. The Balaban J connectivity index is 1.09. The predicted octanol–water partition coefficient (Wildman–Crippen LogP) is 7.11. The molecule has 2 aliphatic heterocycles. The number of rotatable bonds is 11. The molecule has 1 atom stereocenters. The predicted molar refractivity (Wildman–Crippen MR) is 163 cm³/mol. The molecule has 6 nitrogen and oxygen atoms in total. The Hall–Kier alpha value is -2.57. The van der Waals surface area contributed by atoms with Gasteiger partial charge in [0.25, 0.3) is 0 Å². The summed E-state index contributed by atoms with van der Waals surface area (Å²) >= 11 is 6.03. The molecule has 0 bridgehead atoms. The number of carbonyl (C=O) groups excluding carboxylic acids is 1. The first-order valence-electron chi connectivity index (χ1n) is 15.3. The van der Waals surface area contributed by atoms with Crippen LogP contribution in [0, 0.1) is 18.8 Å². The van der Waals surface area contributed by atoms with Gasteiger partial charge >= 0.3 is 0 Å². The average molecular weight is 565 g/mol. The first-order chi connectivity index (χ1) is 19.5. The summed E-state index contributed by atoms with van der Waals surface area (Å²) in [5.41, 5.74) is 3.46. The fraction of sp³-hybridized carbons (Fsp3) is 0.576. The van der Waals surface area contributed by atoms with Crippen molar-refractivity contribution in [3.63, 3.8) is 0 Å². The van der Waals surface area contributed by atoms with E-state index in [0.717, 1.165) is 75.1 Å². The van der Waals surface area contributed by atoms with Gasteiger partial charge in [-0.1, -0.05) is 30.7 Å². The zero-order chi connectivity index (χ0) is 27.9. The third kappa shape index (κ3) is 7.38. The maximum atomic E-state index is 12.8. The maximum Gasteiger partial charge on any atom is 0.225 e. The number of aromatic nitrogens is 2. The number of para-hydroxylation sites is 1. The standard InChI is InChI=1S/C33H45ClN4O2/c1-25-8-6-10-30-32(25)35-31(24-40-29-13-11-28(34)12-14-29)38(30)20-7-9-27-16-22-36(23-17-27)21-15-26(2)33(39)37-18-4-3-5-19-37/h6,8,10-14,26-27H,3-5,7,9,15-24H2,1-2H3. The Morgan fingerprint density at radius 2 is 1.77 bits per heavy atom. The Bertz CT molecular complexity index is 1240. The van der Waals surface area contributed by atoms with E-state index in [-0.39, 0.29) is 5.92 Å². The van der Waals surface area contributed by atoms with Gasteiger partial charge in [-0.25, -0.2) is 4.98 Å². The summed E-state index contributed by atoms with van der Waals surface area (Å²) in [5.74, 6) is 3.06. The van der Waals surface area contributed by atoms with Gasteiger partial charge in [0.05, 0.1) is 11.0 Å². The summed E-state index contributed by atoms with van der Waals surface area (Å²) in [6.07, 6.45) is 9.47. The average Bonchev–Trinajstić information content (AvgIpc) is 3.35. The molecule has 1 amide bonds. The number of fused-ring (bicyclic) bond motifs is 1. The van der Waals surface area contributed by atoms with Crippen LogP contribution in [0.2, 0.25) is 5.02 Å². The number of nitrogens with zero attached hydrogens (tertiary/aromatic N) is 4. The molecule has 2 aromatic carbocycles. The molecule has 0 radical (unpaired) electrons. The van der Waals surface area contributed by atoms with E-state index in [1.807, 2.05) is 24.3 Å². The van der Waals surface area contributed by atoms with Crippen LogP contribution < -0.4 is 4.74 Å². The van der Waals surface area contributed by atoms with Crippen molar-refractivity contribution < 1.29 is 9.53 Å². The largest absolute Gasteiger partial charge is 0.486 e. The molecule has 3 aromatic rings. The molecule has 1 aromatic heterocycles. The van der Waals surface area contributed by atoms with E-state index < -0.39 is 0 Å². The number of carbonyl (C=O) groups is 1. The van der Waals surface area contributed by atoms with Crippen LogP contribution in [0.3, 0.4) is 0 Å². The molecule has 1 unspecified atom stereocenters. The van der Waals surface area contributed by atoms with Gasteiger partial charge in [0.2, 0.25) is 5.91 Å². The highest BCUT2D eigenvalue weighted by Gasteiger charge is 2.24. The van der Waals surface area contributed by atoms with Crippen molar-refractivity contribution in [2.45, 2.75) is 78.4 Å². The van der Waals surface area contributed by atoms with E-state index in [9.17, 15) is 4.79 Å². The number of likely N-dealkylation sites (tertiary alicyclic amines) is 2. The van der Waals surface area contributed by atoms with Crippen LogP contribution in [-0.4, -0.2) is 58.0 Å². The van der Waals surface area contributed by atoms with Gasteiger partial charge in [-0.2, -0.15) is 0 Å². The molecule has 216 valence electrons. The van der Waals surface area contributed by atoms with E-state index in [1.54, 1.807) is 0 Å². The lowest BCUT2D eigenvalue weighted by molar-refractivity contribution is -0.136. The van der Waals surface area contributed by atoms with Crippen molar-refractivity contribution in [3.8, 4) is 5.75 Å². The fourth-order valence-corrected chi connectivity index (χ4v) is 6.46. The van der Waals surface area contributed by atoms with E-state index in [0.29, 0.717) is 17.5 Å². The van der Waals surface area contributed by atoms with Crippen LogP contribution in [0.1, 0.15) is 69.7 Å². The van der Waals surface area contributed by atoms with Gasteiger partial charge in [-0.3, -0.25) is 4.79 Å². The molecule has 0 N–H and O–H groups in total. The minimum Gasteiger partial charge on any atom is -0.486 e. The van der Waals surface area contributed by atoms with Gasteiger partial charge in [0.1, 0.15) is 18.2 Å². The quantitative estimate of drug-likeness (QED) is 0.249. The van der Waals surface area contributed by atoms with E-state index in [2.05, 4.69) is 46.4 Å². The minimum absolute atomic E-state index is 0.141. The monoisotopic (exact) mass is 564 g/mol. The lowest BCUT2D eigenvalue weighted by atomic mass is 9.91. The lowest BCUT2D eigenvalue weighted by Gasteiger charge is -2.33. The molecule has 40 heavy (non-hydrogen) atoms. The summed E-state index contributed by atoms with van der Waals surface area (Å²) < 4.78 is 8.44. The molecule has 0 aliphatic carbocycles. The molecule has 2 fully saturated rings. The van der Waals surface area contributed by atoms with Crippen LogP contribution in [0.5, 0.6) is 5.75 Å². The van der Waals surface area contributed by atoms with E-state index in [4.69, 9.17) is 21.3 Å². The Morgan fingerprint density at radius 3 is 2.52 bits per heavy atom. The molecule has 2 saturated heterocycles. The molecule has 0 spiro atoms. The van der Waals surface area contributed by atoms with Crippen molar-refractivity contribution >= 4 is 28.5 Å². The second-order valence-corrected chi connectivity index (χ2v) is 12.3. The summed E-state index contributed by atoms with van der Waals surface area (Å²) in [6, 6.07) is 13.9. The van der Waals surface area contributed by atoms with Crippen molar-refractivity contribution in [1.82, 2.24) is 19.4 Å². The van der Waals surface area contributed by atoms with Crippen LogP contribution in [-0.2, 0) is 17.9 Å². The third-order valence-corrected chi connectivity index (χ3v) is 9.16. The zero-order valence-corrected chi connectivity index (χ0v) is 25.0. The maximum absolute atomic E-state index is 12.8. The number of amides is 1. The molecular weight excluding hydrogens is 520 g/mol. The zero-order valence-electron chi connectivity index (χ0n) is 24.3. The number of imidazole rings is 1. The molecule has 2 aliphatic rings. The van der Waals surface area contributed by atoms with Crippen molar-refractivity contribution in [3.05, 3.63) is 58.9 Å². The second-order valence-electron chi connectivity index (χ2n) is 11.9. The van der Waals surface area contributed by atoms with Crippen molar-refractivity contribution in [1.29, 1.82) is 0 Å². The smallest absolute Gasteiger partial charge is 0.225 e. The van der Waals surface area contributed by atoms with Gasteiger partial charge in [0.15, 0.2) is 0 Å². The number of hydrogen-bond donors (Lipinski definition) is 0. The van der Waals surface area contributed by atoms with Crippen molar-refractivity contribution in [2.24, 2.45) is 11.8 Å². The van der Waals surface area contributed by atoms with Gasteiger partial charge in [-0.15, -0.1) is 0 Å². The number of aryl methyl sites for hydroxylation is 2. The Morgan fingerprint density at radius 1 is 1.02 bits per heavy atom. The highest BCUT2D eigenvalue weighted by molar-refractivity contribution is 6.30. The first kappa shape index (κ1) is 28.9. The normalized spacial score (nSPS) is 17.8. The number of halogens is 1.